The Morgan fingerprint density at radius 3 is 1.23 bits per heavy atom. The average Bonchev–Trinajstić information content (AvgIpc) is 2.49. The van der Waals surface area contributed by atoms with Crippen LogP contribution in [-0.2, 0) is 76.0 Å². The number of rotatable bonds is 21. The first-order chi connectivity index (χ1) is 40.6. The van der Waals surface area contributed by atoms with Crippen LogP contribution in [0.1, 0.15) is 27.7 Å². The van der Waals surface area contributed by atoms with E-state index in [0.29, 0.717) is 0 Å². The van der Waals surface area contributed by atoms with Gasteiger partial charge in [0.1, 0.15) is 165 Å². The maximum Gasteiger partial charge on any atom is 0.217 e. The van der Waals surface area contributed by atoms with Crippen molar-refractivity contribution < 1.29 is 173 Å². The van der Waals surface area contributed by atoms with Crippen molar-refractivity contribution in [2.24, 2.45) is 0 Å². The Hall–Kier alpha value is -2.87. The Kier molecular flexibility index (Phi) is 25.0. The van der Waals surface area contributed by atoms with Gasteiger partial charge in [0.05, 0.1) is 45.7 Å². The molecule has 0 radical (unpaired) electrons. The number of hydrogen-bond donors (Lipinski definition) is 22. The summed E-state index contributed by atoms with van der Waals surface area (Å²) in [5.74, 6) is -2.40. The van der Waals surface area contributed by atoms with Crippen molar-refractivity contribution in [3.05, 3.63) is 0 Å². The van der Waals surface area contributed by atoms with Gasteiger partial charge in [0.15, 0.2) is 44.0 Å². The van der Waals surface area contributed by atoms with Crippen LogP contribution < -0.4 is 16.0 Å². The minimum atomic E-state index is -2.32. The lowest BCUT2D eigenvalue weighted by Gasteiger charge is -2.50. The summed E-state index contributed by atoms with van der Waals surface area (Å²) >= 11 is 0. The number of carbonyl (C=O) groups is 3. The average molecular weight is 1260 g/mol. The maximum absolute atomic E-state index is 12.8. The highest BCUT2D eigenvalue weighted by atomic mass is 16.8. The molecule has 0 aromatic rings. The molecule has 86 heavy (non-hydrogen) atoms. The topological polar surface area (TPSA) is 592 Å². The summed E-state index contributed by atoms with van der Waals surface area (Å²) in [6.45, 7) is -1.27. The molecular weight excluding hydrogens is 1180 g/mol. The number of amides is 3. The summed E-state index contributed by atoms with van der Waals surface area (Å²) in [6, 6.07) is -5.05. The van der Waals surface area contributed by atoms with Gasteiger partial charge in [0.25, 0.3) is 0 Å². The smallest absolute Gasteiger partial charge is 0.217 e. The van der Waals surface area contributed by atoms with Gasteiger partial charge in [-0.05, 0) is 6.92 Å². The third-order valence-electron chi connectivity index (χ3n) is 15.7. The van der Waals surface area contributed by atoms with Crippen LogP contribution in [0.25, 0.3) is 0 Å². The standard InChI is InChI=1S/C48H81N3O35/c1-11-24(59)31(66)34(69)45(76-11)75-10-20-40(29(64)21(42(73)77-20)49-12(2)56)84-44-23(51-14(4)58)30(65)38(17(7-54)80-44)85-48-37(72)41(86-47-35(70)32(67)26(61)16(6-53)79-47)27(62)19(82-48)9-74-46-36(71)33(68)39(18(8-55)81-46)83-43-22(50-13(3)57)28(63)25(60)15(5-52)78-43/h11,15-48,52-55,59-73H,5-10H2,1-4H3,(H,49,56)(H,50,57)(H,51,58)/t11-,15+,16+,17+,18+,19+,20+,21+,22+,23+,24+,25+,26+,27+,28+,29+,30+,31+,32-,33+,34-,35-,36-,37-,38+,39+,40+,41-,42+,43-,44-,45+,46-,47+,48-/m0/s1. The zero-order chi connectivity index (χ0) is 63.5. The fourth-order valence-corrected chi connectivity index (χ4v) is 11.0. The Labute approximate surface area is 488 Å². The van der Waals surface area contributed by atoms with Crippen molar-refractivity contribution in [1.29, 1.82) is 0 Å². The summed E-state index contributed by atoms with van der Waals surface area (Å²) in [4.78, 5) is 37.1. The maximum atomic E-state index is 12.8. The van der Waals surface area contributed by atoms with Crippen LogP contribution in [0.4, 0.5) is 0 Å². The SMILES string of the molecule is CC(=O)N[C@@H]1[C@@H](O)[C@H](O[C@@H]2O[C@H](CO)[C@@H](O[C@@H]3O[C@H](CO[C@H]4O[C@H](CO)[C@@H](O[C@@H]5O[C@H](CO)[C@@H](O)[C@H](O)[C@H]5NC(C)=O)[C@H](O)[C@@H]4O)[C@@H](O)[C@H](O[C@H]4O[C@H](CO)[C@@H](O)[C@H](O)[C@@H]4O)[C@@H]3O)[C@H](O)[C@H]2NC(C)=O)[C@@H](CO[C@@H]2O[C@@H](C)[C@@H](O)[C@@H](O)[C@@H]2O)O[C@H]1O. The van der Waals surface area contributed by atoms with E-state index >= 15 is 0 Å². The number of carbonyl (C=O) groups excluding carboxylic acids is 3. The molecule has 0 saturated carbocycles. The molecule has 7 fully saturated rings. The highest BCUT2D eigenvalue weighted by Gasteiger charge is 2.58. The van der Waals surface area contributed by atoms with E-state index in [9.17, 15) is 111 Å². The second-order valence-electron chi connectivity index (χ2n) is 21.8. The summed E-state index contributed by atoms with van der Waals surface area (Å²) in [5, 5.41) is 214. The van der Waals surface area contributed by atoms with Gasteiger partial charge in [-0.2, -0.15) is 0 Å². The molecule has 0 aromatic heterocycles. The van der Waals surface area contributed by atoms with Crippen molar-refractivity contribution in [2.75, 3.05) is 39.6 Å². The van der Waals surface area contributed by atoms with E-state index in [1.807, 2.05) is 0 Å². The second-order valence-corrected chi connectivity index (χ2v) is 21.8. The number of aliphatic hydroxyl groups is 19. The minimum Gasteiger partial charge on any atom is -0.394 e. The molecule has 0 bridgehead atoms. The first-order valence-corrected chi connectivity index (χ1v) is 27.5. The van der Waals surface area contributed by atoms with Crippen molar-refractivity contribution in [3.8, 4) is 0 Å². The van der Waals surface area contributed by atoms with Gasteiger partial charge in [-0.15, -0.1) is 0 Å². The van der Waals surface area contributed by atoms with Crippen molar-refractivity contribution in [3.63, 3.8) is 0 Å². The van der Waals surface area contributed by atoms with Crippen molar-refractivity contribution in [1.82, 2.24) is 16.0 Å². The fourth-order valence-electron chi connectivity index (χ4n) is 11.0. The van der Waals surface area contributed by atoms with E-state index in [-0.39, 0.29) is 0 Å². The van der Waals surface area contributed by atoms with Gasteiger partial charge in [-0.3, -0.25) is 14.4 Å². The molecule has 0 spiro atoms. The number of ether oxygens (including phenoxy) is 13. The quantitative estimate of drug-likeness (QED) is 0.0507. The van der Waals surface area contributed by atoms with E-state index in [0.717, 1.165) is 20.8 Å². The molecule has 35 atom stereocenters. The predicted octanol–water partition coefficient (Wildman–Crippen LogP) is -14.8. The molecule has 3 amide bonds. The number of nitrogens with one attached hydrogen (secondary N) is 3. The van der Waals surface area contributed by atoms with Crippen LogP contribution in [0.3, 0.4) is 0 Å². The molecule has 7 aliphatic rings. The Morgan fingerprint density at radius 2 is 0.686 bits per heavy atom. The zero-order valence-corrected chi connectivity index (χ0v) is 46.5. The van der Waals surface area contributed by atoms with Crippen LogP contribution >= 0.6 is 0 Å². The van der Waals surface area contributed by atoms with Crippen molar-refractivity contribution >= 4 is 17.7 Å². The molecule has 0 aliphatic carbocycles. The Bertz CT molecular complexity index is 2170. The van der Waals surface area contributed by atoms with Crippen LogP contribution in [0.15, 0.2) is 0 Å². The lowest BCUT2D eigenvalue weighted by molar-refractivity contribution is -0.385. The lowest BCUT2D eigenvalue weighted by atomic mass is 9.93. The lowest BCUT2D eigenvalue weighted by Crippen LogP contribution is -2.70. The van der Waals surface area contributed by atoms with E-state index in [1.54, 1.807) is 0 Å². The van der Waals surface area contributed by atoms with Crippen LogP contribution in [0, 0.1) is 0 Å². The van der Waals surface area contributed by atoms with Gasteiger partial charge >= 0.3 is 0 Å². The van der Waals surface area contributed by atoms with Gasteiger partial charge < -0.3 is 175 Å². The van der Waals surface area contributed by atoms with Gasteiger partial charge in [0, 0.05) is 20.8 Å². The van der Waals surface area contributed by atoms with Crippen molar-refractivity contribution in [2.45, 2.75) is 242 Å². The summed E-state index contributed by atoms with van der Waals surface area (Å²) in [7, 11) is 0. The van der Waals surface area contributed by atoms with E-state index in [1.165, 1.54) is 6.92 Å². The third kappa shape index (κ3) is 15.5. The van der Waals surface area contributed by atoms with E-state index in [2.05, 4.69) is 16.0 Å². The van der Waals surface area contributed by atoms with Crippen LogP contribution in [0.5, 0.6) is 0 Å². The van der Waals surface area contributed by atoms with Gasteiger partial charge in [0.2, 0.25) is 17.7 Å². The Morgan fingerprint density at radius 1 is 0.326 bits per heavy atom. The normalized spacial score (nSPS) is 49.4. The zero-order valence-electron chi connectivity index (χ0n) is 46.5. The molecule has 7 rings (SSSR count). The molecular formula is C48H81N3O35. The molecule has 7 saturated heterocycles. The van der Waals surface area contributed by atoms with Gasteiger partial charge in [-0.1, -0.05) is 0 Å². The third-order valence-corrected chi connectivity index (χ3v) is 15.7. The van der Waals surface area contributed by atoms with Crippen LogP contribution in [0.2, 0.25) is 0 Å². The van der Waals surface area contributed by atoms with Crippen LogP contribution in [-0.4, -0.2) is 369 Å². The molecule has 498 valence electrons. The molecule has 22 N–H and O–H groups in total. The van der Waals surface area contributed by atoms with E-state index < -0.39 is 272 Å². The van der Waals surface area contributed by atoms with E-state index in [4.69, 9.17) is 61.6 Å². The van der Waals surface area contributed by atoms with Gasteiger partial charge in [-0.25, -0.2) is 0 Å². The fraction of sp³-hybridized carbons (Fsp3) is 0.938. The number of aliphatic hydroxyl groups excluding tert-OH is 19. The predicted molar refractivity (Wildman–Crippen MR) is 265 cm³/mol. The Balaban J connectivity index is 1.13. The summed E-state index contributed by atoms with van der Waals surface area (Å²) in [6.07, 6.45) is -60.4. The summed E-state index contributed by atoms with van der Waals surface area (Å²) in [5.41, 5.74) is 0. The first-order valence-electron chi connectivity index (χ1n) is 27.5. The molecule has 0 aromatic carbocycles. The highest BCUT2D eigenvalue weighted by Crippen LogP contribution is 2.37. The minimum absolute atomic E-state index is 0.742. The molecule has 38 heteroatoms. The number of hydrogen-bond acceptors (Lipinski definition) is 35. The second kappa shape index (κ2) is 30.5. The molecule has 0 unspecified atom stereocenters. The molecule has 38 nitrogen and oxygen atoms in total. The highest BCUT2D eigenvalue weighted by molar-refractivity contribution is 5.74. The summed E-state index contributed by atoms with van der Waals surface area (Å²) < 4.78 is 75.1. The monoisotopic (exact) mass is 1260 g/mol. The largest absolute Gasteiger partial charge is 0.394 e. The first kappa shape index (κ1) is 70.6. The molecule has 7 heterocycles. The molecule has 7 aliphatic heterocycles.